The molecule has 0 saturated heterocycles. The van der Waals surface area contributed by atoms with Gasteiger partial charge in [-0.2, -0.15) is 0 Å². The van der Waals surface area contributed by atoms with Crippen LogP contribution in [0.5, 0.6) is 0 Å². The van der Waals surface area contributed by atoms with Gasteiger partial charge >= 0.3 is 0 Å². The lowest BCUT2D eigenvalue weighted by molar-refractivity contribution is 1.26. The zero-order chi connectivity index (χ0) is 13.5. The Bertz CT molecular complexity index is 965. The van der Waals surface area contributed by atoms with E-state index in [4.69, 9.17) is 0 Å². The Morgan fingerprint density at radius 2 is 1.60 bits per heavy atom. The Morgan fingerprint density at radius 3 is 2.45 bits per heavy atom. The van der Waals surface area contributed by atoms with Crippen molar-refractivity contribution in [2.24, 2.45) is 0 Å². The molecule has 0 atom stereocenters. The lowest BCUT2D eigenvalue weighted by atomic mass is 10.0. The summed E-state index contributed by atoms with van der Waals surface area (Å²) in [5, 5.41) is 2.06. The second kappa shape index (κ2) is 4.10. The molecule has 0 amide bonds. The van der Waals surface area contributed by atoms with Crippen molar-refractivity contribution in [1.82, 2.24) is 9.97 Å². The number of hydrogen-bond donors (Lipinski definition) is 2. The van der Waals surface area contributed by atoms with Gasteiger partial charge in [-0.25, -0.2) is 0 Å². The average Bonchev–Trinajstić information content (AvgIpc) is 2.89. The van der Waals surface area contributed by atoms with Crippen LogP contribution in [-0.2, 0) is 0 Å². The fourth-order valence-corrected chi connectivity index (χ4v) is 2.72. The maximum atomic E-state index is 12.0. The highest BCUT2D eigenvalue weighted by Crippen LogP contribution is 2.31. The van der Waals surface area contributed by atoms with Crippen LogP contribution >= 0.6 is 0 Å². The van der Waals surface area contributed by atoms with E-state index >= 15 is 0 Å². The highest BCUT2D eigenvalue weighted by Gasteiger charge is 2.12. The minimum absolute atomic E-state index is 0.0871. The van der Waals surface area contributed by atoms with Gasteiger partial charge in [0.2, 0.25) is 0 Å². The van der Waals surface area contributed by atoms with Crippen LogP contribution in [0.15, 0.2) is 65.6 Å². The summed E-state index contributed by atoms with van der Waals surface area (Å²) in [5.74, 6) is 0. The van der Waals surface area contributed by atoms with Crippen LogP contribution in [0.3, 0.4) is 0 Å². The van der Waals surface area contributed by atoms with Gasteiger partial charge in [0.25, 0.3) is 5.56 Å². The number of fused-ring (bicyclic) bond motifs is 3. The smallest absolute Gasteiger partial charge is 0.272 e. The van der Waals surface area contributed by atoms with E-state index in [1.165, 1.54) is 0 Å². The Hall–Kier alpha value is -2.81. The van der Waals surface area contributed by atoms with E-state index in [1.54, 1.807) is 6.20 Å². The van der Waals surface area contributed by atoms with E-state index in [1.807, 2.05) is 42.5 Å². The van der Waals surface area contributed by atoms with Gasteiger partial charge in [-0.3, -0.25) is 4.79 Å². The van der Waals surface area contributed by atoms with Crippen molar-refractivity contribution < 1.29 is 0 Å². The number of nitrogens with one attached hydrogen (secondary N) is 2. The third-order valence-electron chi connectivity index (χ3n) is 3.63. The molecule has 20 heavy (non-hydrogen) atoms. The van der Waals surface area contributed by atoms with Gasteiger partial charge in [0.1, 0.15) is 5.52 Å². The van der Waals surface area contributed by atoms with Gasteiger partial charge in [-0.05, 0) is 11.6 Å². The van der Waals surface area contributed by atoms with Crippen molar-refractivity contribution in [3.05, 3.63) is 71.1 Å². The first-order valence-electron chi connectivity index (χ1n) is 6.52. The Kier molecular flexibility index (Phi) is 2.27. The standard InChI is InChI=1S/C17H12N2O/c20-17-16-15(12-8-4-5-9-14(12)19-16)13(10-18-17)11-6-2-1-3-7-11/h1-10,19H,(H,18,20). The quantitative estimate of drug-likeness (QED) is 0.539. The first-order chi connectivity index (χ1) is 9.84. The number of aromatic nitrogens is 2. The highest BCUT2D eigenvalue weighted by atomic mass is 16.1. The third-order valence-corrected chi connectivity index (χ3v) is 3.63. The van der Waals surface area contributed by atoms with Crippen molar-refractivity contribution in [1.29, 1.82) is 0 Å². The zero-order valence-electron chi connectivity index (χ0n) is 10.7. The molecule has 0 unspecified atom stereocenters. The molecule has 3 heteroatoms. The summed E-state index contributed by atoms with van der Waals surface area (Å²) in [4.78, 5) is 18.1. The zero-order valence-corrected chi connectivity index (χ0v) is 10.7. The van der Waals surface area contributed by atoms with Crippen molar-refractivity contribution in [2.45, 2.75) is 0 Å². The van der Waals surface area contributed by atoms with Crippen molar-refractivity contribution in [2.75, 3.05) is 0 Å². The van der Waals surface area contributed by atoms with E-state index in [0.717, 1.165) is 27.4 Å². The molecule has 4 rings (SSSR count). The maximum absolute atomic E-state index is 12.0. The molecule has 0 aliphatic heterocycles. The summed E-state index contributed by atoms with van der Waals surface area (Å²) in [6.07, 6.45) is 1.79. The largest absolute Gasteiger partial charge is 0.350 e. The predicted molar refractivity (Wildman–Crippen MR) is 81.9 cm³/mol. The van der Waals surface area contributed by atoms with Crippen LogP contribution in [0.4, 0.5) is 0 Å². The molecule has 0 saturated carbocycles. The van der Waals surface area contributed by atoms with Crippen molar-refractivity contribution in [3.63, 3.8) is 0 Å². The number of pyridine rings is 1. The minimum atomic E-state index is -0.0871. The molecule has 0 fully saturated rings. The molecule has 2 aromatic heterocycles. The highest BCUT2D eigenvalue weighted by molar-refractivity contribution is 6.13. The first-order valence-corrected chi connectivity index (χ1v) is 6.52. The summed E-state index contributed by atoms with van der Waals surface area (Å²) in [7, 11) is 0. The van der Waals surface area contributed by atoms with Gasteiger partial charge in [-0.1, -0.05) is 48.5 Å². The molecule has 2 heterocycles. The summed E-state index contributed by atoms with van der Waals surface area (Å²) in [6.45, 7) is 0. The number of hydrogen-bond acceptors (Lipinski definition) is 1. The summed E-state index contributed by atoms with van der Waals surface area (Å²) < 4.78 is 0. The average molecular weight is 260 g/mol. The second-order valence-corrected chi connectivity index (χ2v) is 4.82. The molecular weight excluding hydrogens is 248 g/mol. The van der Waals surface area contributed by atoms with E-state index in [-0.39, 0.29) is 5.56 Å². The minimum Gasteiger partial charge on any atom is -0.350 e. The van der Waals surface area contributed by atoms with Crippen LogP contribution in [-0.4, -0.2) is 9.97 Å². The third kappa shape index (κ3) is 1.50. The Labute approximate surface area is 114 Å². The SMILES string of the molecule is O=c1[nH]cc(-c2ccccc2)c2c1[nH]c1ccccc12. The molecule has 0 radical (unpaired) electrons. The lowest BCUT2D eigenvalue weighted by Gasteiger charge is -2.03. The summed E-state index contributed by atoms with van der Waals surface area (Å²) in [5.41, 5.74) is 3.66. The van der Waals surface area contributed by atoms with Crippen LogP contribution in [0, 0.1) is 0 Å². The monoisotopic (exact) mass is 260 g/mol. The molecule has 0 spiro atoms. The summed E-state index contributed by atoms with van der Waals surface area (Å²) >= 11 is 0. The molecule has 2 N–H and O–H groups in total. The molecule has 0 aliphatic carbocycles. The van der Waals surface area contributed by atoms with Crippen LogP contribution < -0.4 is 5.56 Å². The molecule has 0 bridgehead atoms. The molecule has 4 aromatic rings. The van der Waals surface area contributed by atoms with Gasteiger partial charge in [0, 0.05) is 28.0 Å². The Morgan fingerprint density at radius 1 is 0.850 bits per heavy atom. The van der Waals surface area contributed by atoms with E-state index in [2.05, 4.69) is 22.1 Å². The summed E-state index contributed by atoms with van der Waals surface area (Å²) in [6, 6.07) is 18.1. The molecule has 3 nitrogen and oxygen atoms in total. The topological polar surface area (TPSA) is 48.6 Å². The van der Waals surface area contributed by atoms with Gasteiger partial charge in [0.05, 0.1) is 0 Å². The van der Waals surface area contributed by atoms with Crippen molar-refractivity contribution in [3.8, 4) is 11.1 Å². The normalized spacial score (nSPS) is 11.2. The van der Waals surface area contributed by atoms with Gasteiger partial charge in [0.15, 0.2) is 0 Å². The first kappa shape index (κ1) is 11.1. The number of para-hydroxylation sites is 1. The maximum Gasteiger partial charge on any atom is 0.272 e. The van der Waals surface area contributed by atoms with E-state index in [0.29, 0.717) is 5.52 Å². The Balaban J connectivity index is 2.22. The molecule has 0 aliphatic rings. The number of rotatable bonds is 1. The fourth-order valence-electron chi connectivity index (χ4n) is 2.72. The number of benzene rings is 2. The molecular formula is C17H12N2O. The van der Waals surface area contributed by atoms with Crippen LogP contribution in [0.2, 0.25) is 0 Å². The molecule has 96 valence electrons. The number of H-pyrrole nitrogens is 2. The van der Waals surface area contributed by atoms with Crippen LogP contribution in [0.1, 0.15) is 0 Å². The van der Waals surface area contributed by atoms with Gasteiger partial charge < -0.3 is 9.97 Å². The number of aromatic amines is 2. The second-order valence-electron chi connectivity index (χ2n) is 4.82. The predicted octanol–water partition coefficient (Wildman–Crippen LogP) is 3.68. The van der Waals surface area contributed by atoms with Gasteiger partial charge in [-0.15, -0.1) is 0 Å². The lowest BCUT2D eigenvalue weighted by Crippen LogP contribution is -2.05. The van der Waals surface area contributed by atoms with E-state index < -0.39 is 0 Å². The van der Waals surface area contributed by atoms with Crippen molar-refractivity contribution >= 4 is 21.8 Å². The fraction of sp³-hybridized carbons (Fsp3) is 0. The van der Waals surface area contributed by atoms with Crippen LogP contribution in [0.25, 0.3) is 32.9 Å². The van der Waals surface area contributed by atoms with E-state index in [9.17, 15) is 4.79 Å². The molecule has 2 aromatic carbocycles.